The Balaban J connectivity index is 1.84. The van der Waals surface area contributed by atoms with Crippen LogP contribution in [-0.4, -0.2) is 52.2 Å². The third kappa shape index (κ3) is 5.68. The van der Waals surface area contributed by atoms with Crippen molar-refractivity contribution in [1.82, 2.24) is 15.5 Å². The molecule has 1 unspecified atom stereocenters. The van der Waals surface area contributed by atoms with Gasteiger partial charge in [0.1, 0.15) is 11.5 Å². The summed E-state index contributed by atoms with van der Waals surface area (Å²) < 4.78 is 10.7. The van der Waals surface area contributed by atoms with Crippen LogP contribution in [0, 0.1) is 0 Å². The first-order valence-corrected chi connectivity index (χ1v) is 8.89. The van der Waals surface area contributed by atoms with Crippen molar-refractivity contribution in [3.05, 3.63) is 52.9 Å². The van der Waals surface area contributed by atoms with Gasteiger partial charge in [0.25, 0.3) is 0 Å². The van der Waals surface area contributed by atoms with Crippen molar-refractivity contribution in [3.8, 4) is 5.75 Å². The van der Waals surface area contributed by atoms with Gasteiger partial charge < -0.3 is 19.8 Å². The van der Waals surface area contributed by atoms with Crippen LogP contribution < -0.4 is 15.4 Å². The van der Waals surface area contributed by atoms with E-state index in [2.05, 4.69) is 20.5 Å². The van der Waals surface area contributed by atoms with E-state index >= 15 is 0 Å². The summed E-state index contributed by atoms with van der Waals surface area (Å²) in [6.07, 6.45) is 2.48. The Morgan fingerprint density at radius 3 is 2.69 bits per heavy atom. The maximum absolute atomic E-state index is 6.28. The van der Waals surface area contributed by atoms with Crippen LogP contribution in [0.4, 0.5) is 0 Å². The van der Waals surface area contributed by atoms with E-state index in [1.54, 1.807) is 20.4 Å². The van der Waals surface area contributed by atoms with Crippen LogP contribution in [0.15, 0.2) is 46.0 Å². The second-order valence-electron chi connectivity index (χ2n) is 6.08. The molecule has 6 nitrogen and oxygen atoms in total. The Hall–Kier alpha value is -2.18. The van der Waals surface area contributed by atoms with Gasteiger partial charge in [0.15, 0.2) is 5.96 Å². The van der Waals surface area contributed by atoms with E-state index in [1.165, 1.54) is 0 Å². The number of nitrogens with zero attached hydrogens (tertiary/aromatic N) is 2. The number of halogens is 1. The highest BCUT2D eigenvalue weighted by molar-refractivity contribution is 6.31. The van der Waals surface area contributed by atoms with Gasteiger partial charge in [-0.2, -0.15) is 0 Å². The summed E-state index contributed by atoms with van der Waals surface area (Å²) >= 11 is 6.28. The summed E-state index contributed by atoms with van der Waals surface area (Å²) in [5, 5.41) is 7.36. The van der Waals surface area contributed by atoms with E-state index in [-0.39, 0.29) is 6.04 Å². The molecule has 0 aliphatic heterocycles. The second-order valence-corrected chi connectivity index (χ2v) is 6.49. The first-order valence-electron chi connectivity index (χ1n) is 8.52. The molecule has 1 atom stereocenters. The smallest absolute Gasteiger partial charge is 0.191 e. The molecule has 1 aromatic heterocycles. The SMILES string of the molecule is CN=C(NCCc1ccc(OC)cc1Cl)NCC(c1ccco1)N(C)C. The number of furan rings is 1. The molecule has 7 heteroatoms. The number of ether oxygens (including phenoxy) is 1. The number of guanidine groups is 1. The normalized spacial score (nSPS) is 12.9. The number of methoxy groups -OCH3 is 1. The van der Waals surface area contributed by atoms with E-state index in [1.807, 2.05) is 44.4 Å². The van der Waals surface area contributed by atoms with Gasteiger partial charge in [-0.15, -0.1) is 0 Å². The molecule has 1 heterocycles. The lowest BCUT2D eigenvalue weighted by Crippen LogP contribution is -2.42. The summed E-state index contributed by atoms with van der Waals surface area (Å²) in [5.41, 5.74) is 1.07. The molecule has 0 amide bonds. The predicted molar refractivity (Wildman–Crippen MR) is 106 cm³/mol. The fourth-order valence-electron chi connectivity index (χ4n) is 2.61. The number of benzene rings is 1. The number of hydrogen-bond acceptors (Lipinski definition) is 4. The topological polar surface area (TPSA) is 62.0 Å². The molecule has 142 valence electrons. The van der Waals surface area contributed by atoms with Crippen LogP contribution in [0.3, 0.4) is 0 Å². The molecule has 1 aromatic carbocycles. The van der Waals surface area contributed by atoms with E-state index in [4.69, 9.17) is 20.8 Å². The van der Waals surface area contributed by atoms with Crippen LogP contribution in [0.1, 0.15) is 17.4 Å². The fraction of sp³-hybridized carbons (Fsp3) is 0.421. The minimum absolute atomic E-state index is 0.125. The average molecular weight is 379 g/mol. The lowest BCUT2D eigenvalue weighted by atomic mass is 10.1. The summed E-state index contributed by atoms with van der Waals surface area (Å²) in [5.74, 6) is 2.42. The van der Waals surface area contributed by atoms with Crippen molar-refractivity contribution >= 4 is 17.6 Å². The van der Waals surface area contributed by atoms with Crippen LogP contribution in [0.2, 0.25) is 5.02 Å². The quantitative estimate of drug-likeness (QED) is 0.546. The maximum atomic E-state index is 6.28. The Labute approximate surface area is 160 Å². The number of hydrogen-bond donors (Lipinski definition) is 2. The molecular formula is C19H27ClN4O2. The molecule has 0 saturated carbocycles. The van der Waals surface area contributed by atoms with Crippen LogP contribution in [0.25, 0.3) is 0 Å². The third-order valence-corrected chi connectivity index (χ3v) is 4.48. The van der Waals surface area contributed by atoms with Crippen molar-refractivity contribution < 1.29 is 9.15 Å². The first-order chi connectivity index (χ1) is 12.5. The van der Waals surface area contributed by atoms with Crippen molar-refractivity contribution in [2.45, 2.75) is 12.5 Å². The summed E-state index contributed by atoms with van der Waals surface area (Å²) in [6, 6.07) is 9.73. The minimum atomic E-state index is 0.125. The van der Waals surface area contributed by atoms with Gasteiger partial charge in [0.2, 0.25) is 0 Å². The Bertz CT molecular complexity index is 702. The monoisotopic (exact) mass is 378 g/mol. The average Bonchev–Trinajstić information content (AvgIpc) is 3.15. The number of nitrogens with one attached hydrogen (secondary N) is 2. The predicted octanol–water partition coefficient (Wildman–Crippen LogP) is 2.95. The largest absolute Gasteiger partial charge is 0.497 e. The summed E-state index contributed by atoms with van der Waals surface area (Å²) in [6.45, 7) is 1.41. The van der Waals surface area contributed by atoms with E-state index in [9.17, 15) is 0 Å². The lowest BCUT2D eigenvalue weighted by Gasteiger charge is -2.23. The molecule has 26 heavy (non-hydrogen) atoms. The van der Waals surface area contributed by atoms with E-state index in [0.717, 1.165) is 36.0 Å². The van der Waals surface area contributed by atoms with Crippen LogP contribution in [-0.2, 0) is 6.42 Å². The molecule has 0 fully saturated rings. The van der Waals surface area contributed by atoms with Gasteiger partial charge in [-0.3, -0.25) is 9.89 Å². The molecule has 0 spiro atoms. The van der Waals surface area contributed by atoms with Crippen molar-refractivity contribution in [2.75, 3.05) is 41.3 Å². The first kappa shape index (κ1) is 20.1. The molecule has 0 radical (unpaired) electrons. The van der Waals surface area contributed by atoms with Gasteiger partial charge in [-0.25, -0.2) is 0 Å². The van der Waals surface area contributed by atoms with Gasteiger partial charge >= 0.3 is 0 Å². The number of rotatable bonds is 8. The van der Waals surface area contributed by atoms with Gasteiger partial charge in [-0.05, 0) is 50.3 Å². The van der Waals surface area contributed by atoms with Crippen molar-refractivity contribution in [2.24, 2.45) is 4.99 Å². The highest BCUT2D eigenvalue weighted by Gasteiger charge is 2.17. The zero-order chi connectivity index (χ0) is 18.9. The standard InChI is InChI=1S/C19H27ClN4O2/c1-21-19(23-13-17(24(2)3)18-6-5-11-26-18)22-10-9-14-7-8-15(25-4)12-16(14)20/h5-8,11-12,17H,9-10,13H2,1-4H3,(H2,21,22,23). The highest BCUT2D eigenvalue weighted by atomic mass is 35.5. The molecule has 0 aliphatic rings. The van der Waals surface area contributed by atoms with Crippen molar-refractivity contribution in [3.63, 3.8) is 0 Å². The third-order valence-electron chi connectivity index (χ3n) is 4.13. The molecule has 0 saturated heterocycles. The molecule has 2 aromatic rings. The summed E-state index contributed by atoms with van der Waals surface area (Å²) in [4.78, 5) is 6.38. The summed E-state index contributed by atoms with van der Waals surface area (Å²) in [7, 11) is 7.44. The maximum Gasteiger partial charge on any atom is 0.191 e. The minimum Gasteiger partial charge on any atom is -0.497 e. The van der Waals surface area contributed by atoms with Crippen molar-refractivity contribution in [1.29, 1.82) is 0 Å². The lowest BCUT2D eigenvalue weighted by molar-refractivity contribution is 0.258. The number of aliphatic imine (C=N–C) groups is 1. The van der Waals surface area contributed by atoms with E-state index < -0.39 is 0 Å². The molecule has 0 aliphatic carbocycles. The number of likely N-dealkylation sites (N-methyl/N-ethyl adjacent to an activating group) is 1. The van der Waals surface area contributed by atoms with E-state index in [0.29, 0.717) is 11.6 Å². The van der Waals surface area contributed by atoms with Gasteiger partial charge in [0.05, 0.1) is 19.4 Å². The Morgan fingerprint density at radius 2 is 2.12 bits per heavy atom. The highest BCUT2D eigenvalue weighted by Crippen LogP contribution is 2.22. The fourth-order valence-corrected chi connectivity index (χ4v) is 2.87. The van der Waals surface area contributed by atoms with Gasteiger partial charge in [0, 0.05) is 25.2 Å². The zero-order valence-electron chi connectivity index (χ0n) is 15.8. The molecular weight excluding hydrogens is 352 g/mol. The van der Waals surface area contributed by atoms with Gasteiger partial charge in [-0.1, -0.05) is 17.7 Å². The Kier molecular flexibility index (Phi) is 7.81. The Morgan fingerprint density at radius 1 is 1.31 bits per heavy atom. The molecule has 0 bridgehead atoms. The van der Waals surface area contributed by atoms with Crippen LogP contribution in [0.5, 0.6) is 5.75 Å². The second kappa shape index (κ2) is 10.1. The molecule has 2 N–H and O–H groups in total. The molecule has 2 rings (SSSR count). The zero-order valence-corrected chi connectivity index (χ0v) is 16.5. The van der Waals surface area contributed by atoms with Crippen LogP contribution >= 0.6 is 11.6 Å².